The second-order valence-electron chi connectivity index (χ2n) is 9.13. The summed E-state index contributed by atoms with van der Waals surface area (Å²) in [6.07, 6.45) is 3.90. The molecule has 1 unspecified atom stereocenters. The number of rotatable bonds is 11. The fourth-order valence-corrected chi connectivity index (χ4v) is 7.46. The summed E-state index contributed by atoms with van der Waals surface area (Å²) in [5.41, 5.74) is 2.63. The Hall–Kier alpha value is -3.21. The molecule has 2 heterocycles. The van der Waals surface area contributed by atoms with E-state index >= 15 is 0 Å². The summed E-state index contributed by atoms with van der Waals surface area (Å²) in [6, 6.07) is 15.2. The van der Waals surface area contributed by atoms with Crippen LogP contribution < -0.4 is 20.1 Å². The fraction of sp³-hybridized carbons (Fsp3) is 0.276. The lowest BCUT2D eigenvalue weighted by molar-refractivity contribution is -0.116. The summed E-state index contributed by atoms with van der Waals surface area (Å²) in [7, 11) is 3.74. The molecule has 0 radical (unpaired) electrons. The fourth-order valence-electron chi connectivity index (χ4n) is 4.25. The van der Waals surface area contributed by atoms with Crippen molar-refractivity contribution in [3.05, 3.63) is 77.3 Å². The highest BCUT2D eigenvalue weighted by Crippen LogP contribution is 2.40. The molecule has 5 rings (SSSR count). The highest BCUT2D eigenvalue weighted by Gasteiger charge is 2.19. The van der Waals surface area contributed by atoms with Crippen LogP contribution in [0.5, 0.6) is 11.5 Å². The van der Waals surface area contributed by atoms with Crippen molar-refractivity contribution in [2.75, 3.05) is 23.0 Å². The van der Waals surface area contributed by atoms with Crippen LogP contribution in [0.3, 0.4) is 0 Å². The molecule has 208 valence electrons. The number of ether oxygens (including phenoxy) is 2. The average molecular weight is 599 g/mol. The molecule has 4 aromatic rings. The number of anilines is 3. The zero-order valence-electron chi connectivity index (χ0n) is 21.8. The van der Waals surface area contributed by atoms with Crippen LogP contribution in [0.2, 0.25) is 5.02 Å². The van der Waals surface area contributed by atoms with Crippen molar-refractivity contribution in [1.29, 1.82) is 0 Å². The molecule has 11 heteroatoms. The minimum atomic E-state index is -0.317. The lowest BCUT2D eigenvalue weighted by atomic mass is 10.1. The Morgan fingerprint density at radius 2 is 2.02 bits per heavy atom. The number of benzene rings is 3. The van der Waals surface area contributed by atoms with Gasteiger partial charge in [0.15, 0.2) is 0 Å². The molecule has 1 aliphatic rings. The van der Waals surface area contributed by atoms with E-state index in [-0.39, 0.29) is 18.3 Å². The lowest BCUT2D eigenvalue weighted by Gasteiger charge is -2.15. The molecule has 7 nitrogen and oxygen atoms in total. The topological polar surface area (TPSA) is 85.4 Å². The number of halogens is 2. The van der Waals surface area contributed by atoms with Gasteiger partial charge in [-0.1, -0.05) is 45.3 Å². The Morgan fingerprint density at radius 1 is 1.12 bits per heavy atom. The zero-order chi connectivity index (χ0) is 27.9. The van der Waals surface area contributed by atoms with E-state index in [0.29, 0.717) is 68.5 Å². The van der Waals surface area contributed by atoms with Crippen molar-refractivity contribution in [3.63, 3.8) is 0 Å². The molecule has 40 heavy (non-hydrogen) atoms. The molecule has 0 bridgehead atoms. The molecule has 1 saturated heterocycles. The number of hydrogen-bond acceptors (Lipinski definition) is 8. The van der Waals surface area contributed by atoms with Crippen molar-refractivity contribution in [2.24, 2.45) is 0 Å². The molecular formula is C29H28ClFN4O3S2. The van der Waals surface area contributed by atoms with E-state index < -0.39 is 0 Å². The average Bonchev–Trinajstić information content (AvgIpc) is 3.46. The summed E-state index contributed by atoms with van der Waals surface area (Å²) >= 11 is 6.49. The number of carbonyl (C=O) groups excluding carboxylic acids is 1. The van der Waals surface area contributed by atoms with Crippen LogP contribution in [-0.2, 0) is 11.4 Å². The third-order valence-electron chi connectivity index (χ3n) is 6.21. The molecule has 0 saturated carbocycles. The van der Waals surface area contributed by atoms with Gasteiger partial charge in [-0.25, -0.2) is 14.4 Å². The number of nitrogens with one attached hydrogen (secondary N) is 2. The van der Waals surface area contributed by atoms with Crippen LogP contribution in [0, 0.1) is 5.82 Å². The van der Waals surface area contributed by atoms with Gasteiger partial charge < -0.3 is 20.1 Å². The highest BCUT2D eigenvalue weighted by molar-refractivity contribution is 8.77. The first-order chi connectivity index (χ1) is 19.5. The first-order valence-electron chi connectivity index (χ1n) is 12.9. The van der Waals surface area contributed by atoms with Gasteiger partial charge in [-0.3, -0.25) is 4.79 Å². The van der Waals surface area contributed by atoms with Crippen LogP contribution in [0.1, 0.15) is 31.7 Å². The predicted octanol–water partition coefficient (Wildman–Crippen LogP) is 8.02. The molecule has 1 amide bonds. The van der Waals surface area contributed by atoms with E-state index in [1.807, 2.05) is 40.6 Å². The van der Waals surface area contributed by atoms with Gasteiger partial charge in [0.2, 0.25) is 5.91 Å². The summed E-state index contributed by atoms with van der Waals surface area (Å²) in [6.45, 7) is 2.54. The quantitative estimate of drug-likeness (QED) is 0.168. The number of aromatic nitrogens is 2. The Morgan fingerprint density at radius 3 is 2.80 bits per heavy atom. The van der Waals surface area contributed by atoms with Gasteiger partial charge in [-0.15, -0.1) is 0 Å². The Balaban J connectivity index is 1.33. The maximum absolute atomic E-state index is 13.5. The smallest absolute Gasteiger partial charge is 0.224 e. The van der Waals surface area contributed by atoms with Gasteiger partial charge in [0.25, 0.3) is 0 Å². The van der Waals surface area contributed by atoms with E-state index in [2.05, 4.69) is 20.6 Å². The minimum absolute atomic E-state index is 0.0511. The van der Waals surface area contributed by atoms with Crippen LogP contribution in [0.4, 0.5) is 21.6 Å². The van der Waals surface area contributed by atoms with Crippen molar-refractivity contribution in [2.45, 2.75) is 38.0 Å². The van der Waals surface area contributed by atoms with Crippen LogP contribution in [-0.4, -0.2) is 33.5 Å². The third-order valence-corrected chi connectivity index (χ3v) is 9.51. The van der Waals surface area contributed by atoms with Crippen molar-refractivity contribution < 1.29 is 18.7 Å². The summed E-state index contributed by atoms with van der Waals surface area (Å²) in [4.78, 5) is 21.6. The first-order valence-corrected chi connectivity index (χ1v) is 15.7. The van der Waals surface area contributed by atoms with E-state index in [0.717, 1.165) is 18.6 Å². The number of amides is 1. The number of carbonyl (C=O) groups is 1. The molecule has 1 fully saturated rings. The number of fused-ring (bicyclic) bond motifs is 1. The van der Waals surface area contributed by atoms with E-state index in [1.54, 1.807) is 30.3 Å². The number of hydrogen-bond donors (Lipinski definition) is 2. The first kappa shape index (κ1) is 28.3. The van der Waals surface area contributed by atoms with Gasteiger partial charge in [-0.2, -0.15) is 0 Å². The van der Waals surface area contributed by atoms with Crippen molar-refractivity contribution in [1.82, 2.24) is 9.97 Å². The van der Waals surface area contributed by atoms with Crippen LogP contribution >= 0.6 is 33.2 Å². The van der Waals surface area contributed by atoms with E-state index in [1.165, 1.54) is 18.5 Å². The lowest BCUT2D eigenvalue weighted by Crippen LogP contribution is -2.14. The van der Waals surface area contributed by atoms with Gasteiger partial charge in [0, 0.05) is 34.6 Å². The van der Waals surface area contributed by atoms with E-state index in [9.17, 15) is 9.18 Å². The third kappa shape index (κ3) is 7.30. The normalized spacial score (nSPS) is 14.7. The second kappa shape index (κ2) is 13.4. The van der Waals surface area contributed by atoms with Gasteiger partial charge in [-0.05, 0) is 61.7 Å². The van der Waals surface area contributed by atoms with Crippen molar-refractivity contribution in [3.8, 4) is 11.5 Å². The minimum Gasteiger partial charge on any atom is -0.492 e. The molecule has 3 aromatic carbocycles. The van der Waals surface area contributed by atoms with Crippen molar-refractivity contribution >= 4 is 67.2 Å². The number of nitrogens with zero attached hydrogens (tertiary/aromatic N) is 2. The van der Waals surface area contributed by atoms with Crippen LogP contribution in [0.15, 0.2) is 60.9 Å². The molecule has 0 aliphatic carbocycles. The molecule has 2 N–H and O–H groups in total. The van der Waals surface area contributed by atoms with Gasteiger partial charge in [0.1, 0.15) is 36.1 Å². The van der Waals surface area contributed by atoms with Gasteiger partial charge in [0.05, 0.1) is 22.8 Å². The van der Waals surface area contributed by atoms with Crippen LogP contribution in [0.25, 0.3) is 10.9 Å². The Labute approximate surface area is 245 Å². The summed E-state index contributed by atoms with van der Waals surface area (Å²) < 4.78 is 25.1. The molecule has 1 atom stereocenters. The molecular weight excluding hydrogens is 571 g/mol. The second-order valence-corrected chi connectivity index (χ2v) is 12.3. The predicted molar refractivity (Wildman–Crippen MR) is 162 cm³/mol. The highest BCUT2D eigenvalue weighted by atomic mass is 35.5. The summed E-state index contributed by atoms with van der Waals surface area (Å²) in [5, 5.41) is 7.95. The molecule has 1 aliphatic heterocycles. The maximum Gasteiger partial charge on any atom is 0.224 e. The SMILES string of the molecule is CCOc1cc2ncnc(Nc3ccc(OCc4cccc(F)c4)c(Cl)c3)c2cc1NC(=O)CCC1CCSS1. The largest absolute Gasteiger partial charge is 0.492 e. The maximum atomic E-state index is 13.5. The molecule has 1 aromatic heterocycles. The summed E-state index contributed by atoms with van der Waals surface area (Å²) in [5.74, 6) is 2.35. The molecule has 0 spiro atoms. The Bertz CT molecular complexity index is 1500. The Kier molecular flexibility index (Phi) is 9.51. The van der Waals surface area contributed by atoms with E-state index in [4.69, 9.17) is 21.1 Å². The standard InChI is InChI=1S/C29H28ClFN4O3S2/c1-2-37-27-15-24-22(14-25(27)35-28(36)9-7-21-10-11-39-40-21)29(33-17-32-24)34-20-6-8-26(23(30)13-20)38-16-18-4-3-5-19(31)12-18/h3-6,8,12-15,17,21H,2,7,9-11,16H2,1H3,(H,35,36)(H,32,33,34). The zero-order valence-corrected chi connectivity index (χ0v) is 24.2. The monoisotopic (exact) mass is 598 g/mol. The van der Waals surface area contributed by atoms with Gasteiger partial charge >= 0.3 is 0 Å².